The molecule has 1 atom stereocenters. The summed E-state index contributed by atoms with van der Waals surface area (Å²) in [6.07, 6.45) is 2.63. The Bertz CT molecular complexity index is 1570. The molecule has 234 valence electrons. The van der Waals surface area contributed by atoms with E-state index in [1.54, 1.807) is 12.1 Å². The van der Waals surface area contributed by atoms with E-state index in [9.17, 15) is 8.78 Å². The van der Waals surface area contributed by atoms with Crippen molar-refractivity contribution in [2.75, 3.05) is 37.5 Å². The van der Waals surface area contributed by atoms with Crippen molar-refractivity contribution in [1.29, 1.82) is 0 Å². The Morgan fingerprint density at radius 1 is 0.977 bits per heavy atom. The van der Waals surface area contributed by atoms with Crippen molar-refractivity contribution in [1.82, 2.24) is 9.55 Å². The summed E-state index contributed by atoms with van der Waals surface area (Å²) in [5, 5.41) is 1.29. The summed E-state index contributed by atoms with van der Waals surface area (Å²) >= 11 is 9.80. The Morgan fingerprint density at radius 2 is 1.73 bits per heavy atom. The number of nitrogens with zero attached hydrogens (tertiary/aromatic N) is 2. The van der Waals surface area contributed by atoms with E-state index in [1.165, 1.54) is 36.0 Å². The number of aryl methyl sites for hydroxylation is 2. The van der Waals surface area contributed by atoms with Crippen molar-refractivity contribution >= 4 is 46.0 Å². The lowest BCUT2D eigenvalue weighted by molar-refractivity contribution is 0.0412. The minimum Gasteiger partial charge on any atom is -0.488 e. The topological polar surface area (TPSA) is 45.5 Å². The monoisotopic (exact) mass is 756 g/mol. The largest absolute Gasteiger partial charge is 0.488 e. The van der Waals surface area contributed by atoms with Gasteiger partial charge in [-0.3, -0.25) is 4.57 Å². The van der Waals surface area contributed by atoms with Crippen LogP contribution in [0.2, 0.25) is 5.02 Å². The van der Waals surface area contributed by atoms with Gasteiger partial charge in [0.1, 0.15) is 18.2 Å². The summed E-state index contributed by atoms with van der Waals surface area (Å²) in [6, 6.07) is 14.8. The van der Waals surface area contributed by atoms with E-state index in [0.29, 0.717) is 30.0 Å². The number of halogens is 5. The van der Waals surface area contributed by atoms with Crippen LogP contribution in [0.15, 0.2) is 59.8 Å². The van der Waals surface area contributed by atoms with E-state index in [4.69, 9.17) is 30.8 Å². The Balaban J connectivity index is 1.38. The lowest BCUT2D eigenvalue weighted by atomic mass is 9.83. The molecule has 1 aliphatic rings. The van der Waals surface area contributed by atoms with Crippen LogP contribution in [0, 0.1) is 24.4 Å². The number of fused-ring (bicyclic) bond motifs is 1. The molecule has 0 N–H and O–H groups in total. The standard InChI is InChI=1S/C33H33ClF3IN2O3S/c1-21-19-22(5-10-27(21)34)25-3-2-4-29-32(25)40(24-8-6-23(35)7-9-24)33(39-29)44-20-26-28(36)11-12-30(31(26)37)43-18-17-42-16-15-41-14-13-38/h5-12,19,25H,2-4,13-18,20H2,1H3. The second-order valence-corrected chi connectivity index (χ2v) is 12.8. The molecule has 4 aromatic rings. The first-order valence-electron chi connectivity index (χ1n) is 14.4. The van der Waals surface area contributed by atoms with Gasteiger partial charge in [-0.05, 0) is 79.8 Å². The van der Waals surface area contributed by atoms with E-state index in [-0.39, 0.29) is 42.0 Å². The molecule has 5 rings (SSSR count). The number of benzene rings is 3. The molecule has 0 aliphatic heterocycles. The van der Waals surface area contributed by atoms with E-state index < -0.39 is 11.6 Å². The summed E-state index contributed by atoms with van der Waals surface area (Å²) in [7, 11) is 0. The smallest absolute Gasteiger partial charge is 0.173 e. The minimum atomic E-state index is -0.748. The molecule has 0 fully saturated rings. The number of imidazole rings is 1. The molecule has 3 aromatic carbocycles. The Morgan fingerprint density at radius 3 is 2.48 bits per heavy atom. The van der Waals surface area contributed by atoms with Gasteiger partial charge in [0.15, 0.2) is 16.7 Å². The van der Waals surface area contributed by atoms with E-state index in [1.807, 2.05) is 23.6 Å². The Labute approximate surface area is 278 Å². The second-order valence-electron chi connectivity index (χ2n) is 10.4. The maximum Gasteiger partial charge on any atom is 0.173 e. The van der Waals surface area contributed by atoms with Gasteiger partial charge in [-0.25, -0.2) is 18.2 Å². The number of hydrogen-bond acceptors (Lipinski definition) is 5. The van der Waals surface area contributed by atoms with Crippen molar-refractivity contribution in [3.05, 3.63) is 105 Å². The summed E-state index contributed by atoms with van der Waals surface area (Å²) in [6.45, 7) is 3.91. The van der Waals surface area contributed by atoms with Crippen LogP contribution >= 0.6 is 46.0 Å². The predicted octanol–water partition coefficient (Wildman–Crippen LogP) is 8.86. The molecular formula is C33H33ClF3IN2O3S. The highest BCUT2D eigenvalue weighted by Gasteiger charge is 2.30. The third kappa shape index (κ3) is 7.93. The minimum absolute atomic E-state index is 0.0126. The van der Waals surface area contributed by atoms with Crippen molar-refractivity contribution in [2.24, 2.45) is 0 Å². The third-order valence-corrected chi connectivity index (χ3v) is 9.27. The lowest BCUT2D eigenvalue weighted by Gasteiger charge is -2.25. The zero-order valence-corrected chi connectivity index (χ0v) is 28.0. The molecule has 1 heterocycles. The van der Waals surface area contributed by atoms with E-state index in [2.05, 4.69) is 28.7 Å². The maximum absolute atomic E-state index is 15.5. The van der Waals surface area contributed by atoms with Crippen molar-refractivity contribution in [2.45, 2.75) is 43.0 Å². The zero-order chi connectivity index (χ0) is 31.1. The molecule has 11 heteroatoms. The molecule has 5 nitrogen and oxygen atoms in total. The van der Waals surface area contributed by atoms with Gasteiger partial charge in [-0.2, -0.15) is 0 Å². The van der Waals surface area contributed by atoms with Gasteiger partial charge in [-0.1, -0.05) is 58.1 Å². The molecule has 0 amide bonds. The molecule has 44 heavy (non-hydrogen) atoms. The number of hydrogen-bond donors (Lipinski definition) is 0. The molecule has 1 aliphatic carbocycles. The van der Waals surface area contributed by atoms with Gasteiger partial charge in [-0.15, -0.1) is 0 Å². The van der Waals surface area contributed by atoms with Crippen LogP contribution in [0.1, 0.15) is 46.8 Å². The first-order valence-corrected chi connectivity index (χ1v) is 17.3. The van der Waals surface area contributed by atoms with Crippen LogP contribution in [0.4, 0.5) is 13.2 Å². The fourth-order valence-corrected chi connectivity index (χ4v) is 6.77. The Kier molecular flexibility index (Phi) is 11.9. The number of aromatic nitrogens is 2. The molecule has 0 spiro atoms. The third-order valence-electron chi connectivity index (χ3n) is 7.44. The van der Waals surface area contributed by atoms with Crippen LogP contribution in [0.3, 0.4) is 0 Å². The number of ether oxygens (including phenoxy) is 3. The average Bonchev–Trinajstić information content (AvgIpc) is 3.39. The molecule has 0 bridgehead atoms. The van der Waals surface area contributed by atoms with E-state index >= 15 is 4.39 Å². The first kappa shape index (κ1) is 33.1. The molecule has 0 radical (unpaired) electrons. The highest BCUT2D eigenvalue weighted by Crippen LogP contribution is 2.42. The highest BCUT2D eigenvalue weighted by molar-refractivity contribution is 14.1. The second kappa shape index (κ2) is 15.8. The van der Waals surface area contributed by atoms with Gasteiger partial charge in [0.25, 0.3) is 0 Å². The summed E-state index contributed by atoms with van der Waals surface area (Å²) in [5.74, 6) is -1.77. The number of thioether (sulfide) groups is 1. The fraction of sp³-hybridized carbons (Fsp3) is 0.364. The number of rotatable bonds is 14. The SMILES string of the molecule is Cc1cc(C2CCCc3nc(SCc4c(F)ccc(OCCOCCOCCI)c4F)n(-c4ccc(F)cc4)c32)ccc1Cl. The van der Waals surface area contributed by atoms with Gasteiger partial charge >= 0.3 is 0 Å². The molecule has 0 saturated carbocycles. The predicted molar refractivity (Wildman–Crippen MR) is 176 cm³/mol. The van der Waals surface area contributed by atoms with Crippen molar-refractivity contribution in [3.63, 3.8) is 0 Å². The van der Waals surface area contributed by atoms with Crippen LogP contribution in [-0.2, 0) is 21.6 Å². The quantitative estimate of drug-likeness (QED) is 0.0557. The fourth-order valence-electron chi connectivity index (χ4n) is 5.30. The average molecular weight is 757 g/mol. The number of alkyl halides is 1. The molecule has 0 saturated heterocycles. The van der Waals surface area contributed by atoms with E-state index in [0.717, 1.165) is 51.9 Å². The zero-order valence-electron chi connectivity index (χ0n) is 24.3. The van der Waals surface area contributed by atoms with Crippen LogP contribution in [-0.4, -0.2) is 47.0 Å². The van der Waals surface area contributed by atoms with Gasteiger partial charge in [0, 0.05) is 32.4 Å². The van der Waals surface area contributed by atoms with Crippen LogP contribution in [0.25, 0.3) is 5.69 Å². The lowest BCUT2D eigenvalue weighted by Crippen LogP contribution is -2.15. The highest BCUT2D eigenvalue weighted by atomic mass is 127. The van der Waals surface area contributed by atoms with Crippen LogP contribution in [0.5, 0.6) is 5.75 Å². The van der Waals surface area contributed by atoms with Gasteiger partial charge < -0.3 is 14.2 Å². The molecular weight excluding hydrogens is 724 g/mol. The Hall–Kier alpha value is -2.25. The van der Waals surface area contributed by atoms with Gasteiger partial charge in [0.2, 0.25) is 0 Å². The van der Waals surface area contributed by atoms with Gasteiger partial charge in [0.05, 0.1) is 37.8 Å². The molecule has 1 unspecified atom stereocenters. The summed E-state index contributed by atoms with van der Waals surface area (Å²) < 4.78 is 63.7. The first-order chi connectivity index (χ1) is 21.4. The summed E-state index contributed by atoms with van der Waals surface area (Å²) in [5.41, 5.74) is 4.67. The molecule has 1 aromatic heterocycles. The summed E-state index contributed by atoms with van der Waals surface area (Å²) in [4.78, 5) is 4.96. The normalized spacial score (nSPS) is 14.5. The van der Waals surface area contributed by atoms with Crippen molar-refractivity contribution < 1.29 is 27.4 Å². The van der Waals surface area contributed by atoms with Crippen molar-refractivity contribution in [3.8, 4) is 11.4 Å². The van der Waals surface area contributed by atoms with Crippen LogP contribution < -0.4 is 4.74 Å². The maximum atomic E-state index is 15.5.